The van der Waals surface area contributed by atoms with E-state index in [1.807, 2.05) is 24.6 Å². The Kier molecular flexibility index (Phi) is 7.04. The van der Waals surface area contributed by atoms with E-state index in [9.17, 15) is 18.0 Å². The molecule has 3 aliphatic rings. The number of aryl methyl sites for hydroxylation is 1. The van der Waals surface area contributed by atoms with Crippen molar-refractivity contribution in [3.8, 4) is 0 Å². The van der Waals surface area contributed by atoms with Crippen LogP contribution in [0.15, 0.2) is 30.6 Å². The lowest BCUT2D eigenvalue weighted by Gasteiger charge is -2.46. The number of ether oxygens (including phenoxy) is 1. The van der Waals surface area contributed by atoms with Crippen molar-refractivity contribution in [2.75, 3.05) is 23.9 Å². The van der Waals surface area contributed by atoms with Gasteiger partial charge in [-0.2, -0.15) is 13.2 Å². The Hall–Kier alpha value is -3.51. The van der Waals surface area contributed by atoms with Crippen LogP contribution in [0.2, 0.25) is 0 Å². The molecular formula is C30H36F3N7O2. The first-order valence-corrected chi connectivity index (χ1v) is 14.4. The number of halogens is 3. The molecule has 1 amide bonds. The molecular weight excluding hydrogens is 547 g/mol. The number of benzene rings is 1. The summed E-state index contributed by atoms with van der Waals surface area (Å²) < 4.78 is 50.5. The lowest BCUT2D eigenvalue weighted by molar-refractivity contribution is -0.138. The Balaban J connectivity index is 1.39. The summed E-state index contributed by atoms with van der Waals surface area (Å²) >= 11 is 0. The fraction of sp³-hybridized carbons (Fsp3) is 0.533. The number of alkyl halides is 3. The number of hydrogen-bond acceptors (Lipinski definition) is 7. The third-order valence-electron chi connectivity index (χ3n) is 9.21. The summed E-state index contributed by atoms with van der Waals surface area (Å²) in [6.45, 7) is 4.64. The zero-order valence-corrected chi connectivity index (χ0v) is 24.3. The van der Waals surface area contributed by atoms with Gasteiger partial charge in [0.1, 0.15) is 23.8 Å². The second-order valence-corrected chi connectivity index (χ2v) is 12.1. The zero-order valence-electron chi connectivity index (χ0n) is 24.3. The van der Waals surface area contributed by atoms with Gasteiger partial charge in [-0.25, -0.2) is 4.98 Å². The van der Waals surface area contributed by atoms with Crippen LogP contribution in [-0.2, 0) is 36.5 Å². The van der Waals surface area contributed by atoms with Gasteiger partial charge in [0.25, 0.3) is 5.91 Å². The number of amides is 1. The van der Waals surface area contributed by atoms with Gasteiger partial charge in [-0.1, -0.05) is 0 Å². The van der Waals surface area contributed by atoms with Crippen LogP contribution < -0.4 is 15.5 Å². The Bertz CT molecular complexity index is 1510. The van der Waals surface area contributed by atoms with E-state index >= 15 is 0 Å². The Morgan fingerprint density at radius 3 is 2.52 bits per heavy atom. The van der Waals surface area contributed by atoms with Crippen LogP contribution in [-0.4, -0.2) is 51.0 Å². The molecule has 3 aromatic rings. The fourth-order valence-corrected chi connectivity index (χ4v) is 6.56. The number of nitrogens with zero attached hydrogens (tertiary/aromatic N) is 5. The molecule has 2 saturated carbocycles. The molecule has 1 aliphatic heterocycles. The van der Waals surface area contributed by atoms with E-state index in [4.69, 9.17) is 4.74 Å². The first-order chi connectivity index (χ1) is 20.0. The maximum Gasteiger partial charge on any atom is 0.416 e. The average molecular weight is 584 g/mol. The molecule has 0 spiro atoms. The van der Waals surface area contributed by atoms with E-state index in [0.29, 0.717) is 36.6 Å². The van der Waals surface area contributed by atoms with Crippen LogP contribution in [0, 0.1) is 0 Å². The third kappa shape index (κ3) is 4.84. The molecule has 42 heavy (non-hydrogen) atoms. The quantitative estimate of drug-likeness (QED) is 0.368. The van der Waals surface area contributed by atoms with Crippen molar-refractivity contribution in [3.63, 3.8) is 0 Å². The second-order valence-electron chi connectivity index (χ2n) is 12.1. The van der Waals surface area contributed by atoms with Gasteiger partial charge in [-0.15, -0.1) is 10.2 Å². The average Bonchev–Trinajstić information content (AvgIpc) is 3.48. The molecule has 2 aromatic heterocycles. The monoisotopic (exact) mass is 583 g/mol. The van der Waals surface area contributed by atoms with Gasteiger partial charge >= 0.3 is 6.18 Å². The van der Waals surface area contributed by atoms with Crippen molar-refractivity contribution in [1.29, 1.82) is 0 Å². The summed E-state index contributed by atoms with van der Waals surface area (Å²) in [5.41, 5.74) is -0.0448. The van der Waals surface area contributed by atoms with Gasteiger partial charge in [0.05, 0.1) is 23.6 Å². The summed E-state index contributed by atoms with van der Waals surface area (Å²) in [6.07, 6.45) is 1.40. The molecule has 1 aromatic carbocycles. The maximum atomic E-state index is 14.3. The minimum atomic E-state index is -4.60. The van der Waals surface area contributed by atoms with Gasteiger partial charge in [0.2, 0.25) is 0 Å². The summed E-state index contributed by atoms with van der Waals surface area (Å²) in [4.78, 5) is 19.9. The molecule has 0 bridgehead atoms. The standard InChI is InChI=1S/C30H36F3N7O2/c1-5-34-24-11-19(29(13-20(14-29)42-4)27-38-36-17-39(27)3)12-25(37-24)40-16-22-21(26(40)41)9-18(10-23(22)30(31,32)33)15-35-28(2)7-6-8-28/h9-12,17,20,35H,5-8,13-16H2,1-4H3,(H,34,37)/t20-,29+. The van der Waals surface area contributed by atoms with Crippen molar-refractivity contribution in [1.82, 2.24) is 25.1 Å². The molecule has 3 heterocycles. The van der Waals surface area contributed by atoms with E-state index in [0.717, 1.165) is 30.7 Å². The number of aromatic nitrogens is 4. The van der Waals surface area contributed by atoms with Crippen LogP contribution in [0.4, 0.5) is 24.8 Å². The largest absolute Gasteiger partial charge is 0.416 e. The van der Waals surface area contributed by atoms with Crippen molar-refractivity contribution in [2.24, 2.45) is 7.05 Å². The summed E-state index contributed by atoms with van der Waals surface area (Å²) in [6, 6.07) is 6.51. The number of fused-ring (bicyclic) bond motifs is 1. The molecule has 0 radical (unpaired) electrons. The van der Waals surface area contributed by atoms with Gasteiger partial charge in [-0.05, 0) is 86.9 Å². The lowest BCUT2D eigenvalue weighted by Crippen LogP contribution is -2.48. The molecule has 0 atom stereocenters. The van der Waals surface area contributed by atoms with Crippen LogP contribution in [0.5, 0.6) is 0 Å². The number of carbonyl (C=O) groups is 1. The summed E-state index contributed by atoms with van der Waals surface area (Å²) in [7, 11) is 3.55. The zero-order chi connectivity index (χ0) is 29.9. The molecule has 9 nitrogen and oxygen atoms in total. The topological polar surface area (TPSA) is 97.2 Å². The molecule has 0 unspecified atom stereocenters. The highest BCUT2D eigenvalue weighted by molar-refractivity contribution is 6.10. The van der Waals surface area contributed by atoms with E-state index in [-0.39, 0.29) is 35.9 Å². The SMILES string of the molecule is CCNc1cc([C@]2(c3nncn3C)C[C@@H](OC)C2)cc(N2Cc3c(cc(CNC4(C)CCC4)cc3C(F)(F)F)C2=O)n1. The van der Waals surface area contributed by atoms with Crippen molar-refractivity contribution in [3.05, 3.63) is 64.2 Å². The predicted molar refractivity (Wildman–Crippen MR) is 151 cm³/mol. The third-order valence-corrected chi connectivity index (χ3v) is 9.21. The van der Waals surface area contributed by atoms with E-state index in [2.05, 4.69) is 32.7 Å². The number of hydrogen-bond donors (Lipinski definition) is 2. The number of pyridine rings is 1. The van der Waals surface area contributed by atoms with Crippen LogP contribution in [0.3, 0.4) is 0 Å². The van der Waals surface area contributed by atoms with E-state index in [1.54, 1.807) is 25.6 Å². The van der Waals surface area contributed by atoms with Gasteiger partial charge < -0.3 is 19.9 Å². The van der Waals surface area contributed by atoms with Gasteiger partial charge in [-0.3, -0.25) is 9.69 Å². The summed E-state index contributed by atoms with van der Waals surface area (Å²) in [5, 5.41) is 15.1. The van der Waals surface area contributed by atoms with E-state index < -0.39 is 23.1 Å². The summed E-state index contributed by atoms with van der Waals surface area (Å²) in [5.74, 6) is 1.09. The highest BCUT2D eigenvalue weighted by Crippen LogP contribution is 2.50. The molecule has 2 aliphatic carbocycles. The minimum Gasteiger partial charge on any atom is -0.381 e. The van der Waals surface area contributed by atoms with E-state index in [1.165, 1.54) is 11.0 Å². The molecule has 12 heteroatoms. The number of methoxy groups -OCH3 is 1. The fourth-order valence-electron chi connectivity index (χ4n) is 6.56. The number of rotatable bonds is 9. The number of carbonyl (C=O) groups excluding carboxylic acids is 1. The number of anilines is 2. The lowest BCUT2D eigenvalue weighted by atomic mass is 9.62. The molecule has 2 N–H and O–H groups in total. The minimum absolute atomic E-state index is 0.0159. The van der Waals surface area contributed by atoms with Crippen molar-refractivity contribution >= 4 is 17.5 Å². The van der Waals surface area contributed by atoms with Gasteiger partial charge in [0, 0.05) is 38.3 Å². The van der Waals surface area contributed by atoms with Gasteiger partial charge in [0.15, 0.2) is 0 Å². The molecule has 6 rings (SSSR count). The van der Waals surface area contributed by atoms with Crippen LogP contribution in [0.25, 0.3) is 0 Å². The second kappa shape index (κ2) is 10.3. The highest BCUT2D eigenvalue weighted by Gasteiger charge is 2.51. The van der Waals surface area contributed by atoms with Crippen LogP contribution >= 0.6 is 0 Å². The molecule has 2 fully saturated rings. The maximum absolute atomic E-state index is 14.3. The Morgan fingerprint density at radius 2 is 1.93 bits per heavy atom. The Labute approximate surface area is 242 Å². The van der Waals surface area contributed by atoms with Crippen LogP contribution in [0.1, 0.15) is 84.4 Å². The molecule has 224 valence electrons. The van der Waals surface area contributed by atoms with Crippen molar-refractivity contribution < 1.29 is 22.7 Å². The normalized spacial score (nSPS) is 23.0. The van der Waals surface area contributed by atoms with Crippen molar-refractivity contribution in [2.45, 2.75) is 82.3 Å². The molecule has 0 saturated heterocycles. The number of nitrogens with one attached hydrogen (secondary N) is 2. The smallest absolute Gasteiger partial charge is 0.381 e. The highest BCUT2D eigenvalue weighted by atomic mass is 19.4. The first-order valence-electron chi connectivity index (χ1n) is 14.4. The first kappa shape index (κ1) is 28.6. The predicted octanol–water partition coefficient (Wildman–Crippen LogP) is 4.95. The Morgan fingerprint density at radius 1 is 1.17 bits per heavy atom.